The molecule has 0 aliphatic heterocycles. The van der Waals surface area contributed by atoms with E-state index in [1.807, 2.05) is 0 Å². The van der Waals surface area contributed by atoms with Crippen molar-refractivity contribution in [2.24, 2.45) is 11.1 Å². The van der Waals surface area contributed by atoms with E-state index < -0.39 is 35.0 Å². The lowest BCUT2D eigenvalue weighted by Crippen LogP contribution is -2.54. The van der Waals surface area contributed by atoms with Crippen molar-refractivity contribution < 1.29 is 23.5 Å². The number of aromatic nitrogens is 2. The van der Waals surface area contributed by atoms with E-state index in [1.54, 1.807) is 41.5 Å². The molecule has 1 atom stereocenters. The predicted octanol–water partition coefficient (Wildman–Crippen LogP) is 0.724. The summed E-state index contributed by atoms with van der Waals surface area (Å²) in [5.74, 6) is -1.64. The number of ether oxygens (including phenoxy) is 1. The molecule has 0 aromatic carbocycles. The van der Waals surface area contributed by atoms with Crippen LogP contribution in [0.4, 0.5) is 4.79 Å². The van der Waals surface area contributed by atoms with Crippen molar-refractivity contribution in [2.45, 2.75) is 59.7 Å². The van der Waals surface area contributed by atoms with E-state index in [1.165, 1.54) is 0 Å². The van der Waals surface area contributed by atoms with Crippen molar-refractivity contribution in [2.75, 3.05) is 0 Å². The Morgan fingerprint density at radius 2 is 1.76 bits per heavy atom. The van der Waals surface area contributed by atoms with Crippen LogP contribution >= 0.6 is 0 Å². The zero-order valence-electron chi connectivity index (χ0n) is 15.3. The second kappa shape index (κ2) is 7.49. The number of hydrogen-bond donors (Lipinski definition) is 3. The number of amides is 3. The minimum Gasteiger partial charge on any atom is -0.444 e. The molecule has 1 heterocycles. The van der Waals surface area contributed by atoms with Crippen molar-refractivity contribution in [3.63, 3.8) is 0 Å². The van der Waals surface area contributed by atoms with Crippen LogP contribution in [0.25, 0.3) is 0 Å². The highest BCUT2D eigenvalue weighted by Gasteiger charge is 2.34. The van der Waals surface area contributed by atoms with Crippen LogP contribution in [-0.4, -0.2) is 39.7 Å². The average Bonchev–Trinajstić information content (AvgIpc) is 2.88. The summed E-state index contributed by atoms with van der Waals surface area (Å²) in [5, 5.41) is 12.2. The van der Waals surface area contributed by atoms with Gasteiger partial charge in [-0.15, -0.1) is 10.2 Å². The van der Waals surface area contributed by atoms with Gasteiger partial charge >= 0.3 is 17.9 Å². The Balaban J connectivity index is 2.73. The molecule has 1 rings (SSSR count). The van der Waals surface area contributed by atoms with Gasteiger partial charge in [0, 0.05) is 0 Å². The molecule has 1 aromatic heterocycles. The quantitative estimate of drug-likeness (QED) is 0.704. The summed E-state index contributed by atoms with van der Waals surface area (Å²) in [6, 6.07) is -0.860. The maximum atomic E-state index is 12.4. The van der Waals surface area contributed by atoms with Gasteiger partial charge in [0.05, 0.1) is 6.54 Å². The summed E-state index contributed by atoms with van der Waals surface area (Å²) in [6.45, 7) is 10.5. The molecule has 0 aliphatic rings. The van der Waals surface area contributed by atoms with Crippen molar-refractivity contribution in [1.82, 2.24) is 20.8 Å². The normalized spacial score (nSPS) is 13.0. The van der Waals surface area contributed by atoms with E-state index in [0.717, 1.165) is 0 Å². The third-order valence-electron chi connectivity index (χ3n) is 2.88. The fourth-order valence-electron chi connectivity index (χ4n) is 1.79. The van der Waals surface area contributed by atoms with Crippen LogP contribution in [-0.2, 0) is 16.1 Å². The van der Waals surface area contributed by atoms with E-state index in [9.17, 15) is 14.4 Å². The Bertz CT molecular complexity index is 641. The second-order valence-corrected chi connectivity index (χ2v) is 7.53. The van der Waals surface area contributed by atoms with Crippen molar-refractivity contribution >= 4 is 17.9 Å². The van der Waals surface area contributed by atoms with Crippen molar-refractivity contribution in [1.29, 1.82) is 0 Å². The van der Waals surface area contributed by atoms with Gasteiger partial charge in [0.25, 0.3) is 0 Å². The van der Waals surface area contributed by atoms with Gasteiger partial charge in [0.1, 0.15) is 11.6 Å². The van der Waals surface area contributed by atoms with Crippen LogP contribution < -0.4 is 16.4 Å². The average molecular weight is 355 g/mol. The number of alkyl carbamates (subject to hydrolysis) is 1. The molecule has 0 saturated carbocycles. The Kier molecular flexibility index (Phi) is 6.11. The van der Waals surface area contributed by atoms with E-state index >= 15 is 0 Å². The first-order chi connectivity index (χ1) is 11.3. The third kappa shape index (κ3) is 6.77. The Morgan fingerprint density at radius 1 is 1.16 bits per heavy atom. The highest BCUT2D eigenvalue weighted by atomic mass is 16.6. The Morgan fingerprint density at radius 3 is 2.20 bits per heavy atom. The third-order valence-corrected chi connectivity index (χ3v) is 2.88. The number of primary amides is 1. The SMILES string of the molecule is CC(C)(C)OC(=O)NC(C(=O)NCc1nnc(C(N)=O)o1)C(C)(C)C. The summed E-state index contributed by atoms with van der Waals surface area (Å²) < 4.78 is 10.2. The van der Waals surface area contributed by atoms with Gasteiger partial charge in [-0.25, -0.2) is 4.79 Å². The second-order valence-electron chi connectivity index (χ2n) is 7.53. The summed E-state index contributed by atoms with van der Waals surface area (Å²) >= 11 is 0. The predicted molar refractivity (Wildman–Crippen MR) is 87.3 cm³/mol. The minimum atomic E-state index is -0.860. The number of nitrogens with zero attached hydrogens (tertiary/aromatic N) is 2. The lowest BCUT2D eigenvalue weighted by Gasteiger charge is -2.31. The van der Waals surface area contributed by atoms with Gasteiger partial charge < -0.3 is 25.5 Å². The first-order valence-corrected chi connectivity index (χ1v) is 7.69. The maximum absolute atomic E-state index is 12.4. The summed E-state index contributed by atoms with van der Waals surface area (Å²) in [7, 11) is 0. The van der Waals surface area contributed by atoms with Crippen LogP contribution in [0.15, 0.2) is 4.42 Å². The lowest BCUT2D eigenvalue weighted by atomic mass is 9.86. The first-order valence-electron chi connectivity index (χ1n) is 7.69. The molecule has 4 N–H and O–H groups in total. The Labute approximate surface area is 145 Å². The number of hydrogen-bond acceptors (Lipinski definition) is 7. The molecule has 10 nitrogen and oxygen atoms in total. The minimum absolute atomic E-state index is 0.0204. The molecule has 0 radical (unpaired) electrons. The van der Waals surface area contributed by atoms with Crippen LogP contribution in [0.3, 0.4) is 0 Å². The largest absolute Gasteiger partial charge is 0.444 e. The lowest BCUT2D eigenvalue weighted by molar-refractivity contribution is -0.125. The molecular formula is C15H25N5O5. The van der Waals surface area contributed by atoms with Gasteiger partial charge in [0.15, 0.2) is 0 Å². The fraction of sp³-hybridized carbons (Fsp3) is 0.667. The number of nitrogens with two attached hydrogens (primary N) is 1. The molecule has 10 heteroatoms. The number of nitrogens with one attached hydrogen (secondary N) is 2. The van der Waals surface area contributed by atoms with E-state index in [-0.39, 0.29) is 18.3 Å². The molecule has 0 spiro atoms. The van der Waals surface area contributed by atoms with Crippen molar-refractivity contribution in [3.05, 3.63) is 11.8 Å². The smallest absolute Gasteiger partial charge is 0.408 e. The zero-order chi connectivity index (χ0) is 19.4. The van der Waals surface area contributed by atoms with E-state index in [0.29, 0.717) is 0 Å². The molecule has 25 heavy (non-hydrogen) atoms. The van der Waals surface area contributed by atoms with Crippen LogP contribution in [0.1, 0.15) is 58.1 Å². The van der Waals surface area contributed by atoms with Gasteiger partial charge in [0.2, 0.25) is 11.8 Å². The summed E-state index contributed by atoms with van der Waals surface area (Å²) in [4.78, 5) is 35.3. The first kappa shape index (κ1) is 20.4. The molecule has 0 saturated heterocycles. The number of carbonyl (C=O) groups excluding carboxylic acids is 3. The van der Waals surface area contributed by atoms with Gasteiger partial charge in [-0.1, -0.05) is 20.8 Å². The Hall–Kier alpha value is -2.65. The van der Waals surface area contributed by atoms with E-state index in [2.05, 4.69) is 20.8 Å². The van der Waals surface area contributed by atoms with Crippen molar-refractivity contribution in [3.8, 4) is 0 Å². The van der Waals surface area contributed by atoms with Crippen LogP contribution in [0, 0.1) is 5.41 Å². The highest BCUT2D eigenvalue weighted by molar-refractivity contribution is 5.88. The molecule has 0 aliphatic carbocycles. The molecule has 0 bridgehead atoms. The van der Waals surface area contributed by atoms with Gasteiger partial charge in [-0.3, -0.25) is 9.59 Å². The standard InChI is InChI=1S/C15H25N5O5/c1-14(2,3)9(18-13(23)25-15(4,5)6)11(22)17-7-8-19-20-12(24-8)10(16)21/h9H,7H2,1-6H3,(H2,16,21)(H,17,22)(H,18,23). The van der Waals surface area contributed by atoms with Crippen LogP contribution in [0.5, 0.6) is 0 Å². The monoisotopic (exact) mass is 355 g/mol. The molecule has 1 aromatic rings. The molecule has 1 unspecified atom stereocenters. The molecule has 3 amide bonds. The van der Waals surface area contributed by atoms with Crippen LogP contribution in [0.2, 0.25) is 0 Å². The molecule has 0 fully saturated rings. The van der Waals surface area contributed by atoms with E-state index in [4.69, 9.17) is 14.9 Å². The zero-order valence-corrected chi connectivity index (χ0v) is 15.3. The topological polar surface area (TPSA) is 149 Å². The molecular weight excluding hydrogens is 330 g/mol. The van der Waals surface area contributed by atoms with Gasteiger partial charge in [-0.05, 0) is 26.2 Å². The number of rotatable bonds is 5. The maximum Gasteiger partial charge on any atom is 0.408 e. The van der Waals surface area contributed by atoms with Gasteiger partial charge in [-0.2, -0.15) is 0 Å². The summed E-state index contributed by atoms with van der Waals surface area (Å²) in [6.07, 6.45) is -0.698. The number of carbonyl (C=O) groups is 3. The fourth-order valence-corrected chi connectivity index (χ4v) is 1.79. The highest BCUT2D eigenvalue weighted by Crippen LogP contribution is 2.20. The summed E-state index contributed by atoms with van der Waals surface area (Å²) in [5.41, 5.74) is 3.75. The molecule has 140 valence electrons.